The molecule has 2 aromatic rings. The van der Waals surface area contributed by atoms with E-state index in [0.717, 1.165) is 29.2 Å². The first-order chi connectivity index (χ1) is 11.0. The van der Waals surface area contributed by atoms with Crippen LogP contribution in [0.15, 0.2) is 29.4 Å². The maximum absolute atomic E-state index is 11.9. The molecule has 0 spiro atoms. The van der Waals surface area contributed by atoms with E-state index in [1.54, 1.807) is 24.5 Å². The standard InChI is InChI=1S/C17H21N3O2S/c1-23(21,22)13-7-8-15-14(10-13)17(19-11-18-15)20-9-3-6-16(20)12-4-2-5-12/h7-8,10-12,16H,2-6,9H2,1H3. The maximum atomic E-state index is 11.9. The maximum Gasteiger partial charge on any atom is 0.175 e. The third kappa shape index (κ3) is 2.59. The highest BCUT2D eigenvalue weighted by Gasteiger charge is 2.36. The molecule has 0 bridgehead atoms. The molecule has 1 atom stereocenters. The minimum atomic E-state index is -3.23. The number of sulfone groups is 1. The summed E-state index contributed by atoms with van der Waals surface area (Å²) in [5.74, 6) is 1.66. The molecule has 1 unspecified atom stereocenters. The first kappa shape index (κ1) is 14.9. The highest BCUT2D eigenvalue weighted by molar-refractivity contribution is 7.90. The van der Waals surface area contributed by atoms with Gasteiger partial charge in [-0.3, -0.25) is 0 Å². The van der Waals surface area contributed by atoms with E-state index in [0.29, 0.717) is 10.9 Å². The Morgan fingerprint density at radius 1 is 1.13 bits per heavy atom. The SMILES string of the molecule is CS(=O)(=O)c1ccc2ncnc(N3CCCC3C3CCC3)c2c1. The Kier molecular flexibility index (Phi) is 3.52. The molecule has 4 rings (SSSR count). The molecule has 2 fully saturated rings. The molecule has 1 aromatic carbocycles. The van der Waals surface area contributed by atoms with Crippen molar-refractivity contribution in [3.63, 3.8) is 0 Å². The summed E-state index contributed by atoms with van der Waals surface area (Å²) in [6.07, 6.45) is 9.16. The van der Waals surface area contributed by atoms with Gasteiger partial charge in [0.05, 0.1) is 10.4 Å². The zero-order valence-electron chi connectivity index (χ0n) is 13.3. The van der Waals surface area contributed by atoms with Gasteiger partial charge in [-0.05, 0) is 49.8 Å². The second kappa shape index (κ2) is 5.44. The van der Waals surface area contributed by atoms with Crippen LogP contribution in [0.3, 0.4) is 0 Å². The van der Waals surface area contributed by atoms with E-state index in [4.69, 9.17) is 0 Å². The van der Waals surface area contributed by atoms with E-state index < -0.39 is 9.84 Å². The lowest BCUT2D eigenvalue weighted by Gasteiger charge is -2.37. The topological polar surface area (TPSA) is 63.2 Å². The van der Waals surface area contributed by atoms with Crippen LogP contribution in [0, 0.1) is 5.92 Å². The molecule has 0 radical (unpaired) electrons. The van der Waals surface area contributed by atoms with Crippen molar-refractivity contribution in [2.45, 2.75) is 43.0 Å². The number of hydrogen-bond acceptors (Lipinski definition) is 5. The zero-order chi connectivity index (χ0) is 16.0. The normalized spacial score (nSPS) is 22.5. The molecule has 5 nitrogen and oxygen atoms in total. The Labute approximate surface area is 136 Å². The first-order valence-corrected chi connectivity index (χ1v) is 10.1. The highest BCUT2D eigenvalue weighted by Crippen LogP contribution is 2.40. The summed E-state index contributed by atoms with van der Waals surface area (Å²) in [4.78, 5) is 11.6. The zero-order valence-corrected chi connectivity index (χ0v) is 14.1. The first-order valence-electron chi connectivity index (χ1n) is 8.25. The van der Waals surface area contributed by atoms with Gasteiger partial charge in [-0.1, -0.05) is 6.42 Å². The molecule has 2 heterocycles. The number of nitrogens with zero attached hydrogens (tertiary/aromatic N) is 3. The van der Waals surface area contributed by atoms with Gasteiger partial charge in [0, 0.05) is 24.2 Å². The average molecular weight is 331 g/mol. The summed E-state index contributed by atoms with van der Waals surface area (Å²) in [6.45, 7) is 0.996. The van der Waals surface area contributed by atoms with Crippen molar-refractivity contribution >= 4 is 26.6 Å². The van der Waals surface area contributed by atoms with Crippen LogP contribution in [-0.4, -0.2) is 37.2 Å². The molecule has 23 heavy (non-hydrogen) atoms. The van der Waals surface area contributed by atoms with Crippen LogP contribution < -0.4 is 4.90 Å². The Hall–Kier alpha value is -1.69. The fourth-order valence-corrected chi connectivity index (χ4v) is 4.50. The molecule has 1 aliphatic heterocycles. The molecule has 1 aromatic heterocycles. The van der Waals surface area contributed by atoms with Gasteiger partial charge in [-0.2, -0.15) is 0 Å². The molecule has 1 aliphatic carbocycles. The molecule has 122 valence electrons. The molecule has 1 saturated heterocycles. The second-order valence-electron chi connectivity index (χ2n) is 6.74. The van der Waals surface area contributed by atoms with Gasteiger partial charge in [0.1, 0.15) is 12.1 Å². The summed E-state index contributed by atoms with van der Waals surface area (Å²) in [5.41, 5.74) is 0.807. The van der Waals surface area contributed by atoms with Crippen LogP contribution in [0.5, 0.6) is 0 Å². The number of anilines is 1. The molecule has 6 heteroatoms. The summed E-state index contributed by atoms with van der Waals surface area (Å²) in [5, 5.41) is 0.849. The monoisotopic (exact) mass is 331 g/mol. The fraction of sp³-hybridized carbons (Fsp3) is 0.529. The molecule has 0 N–H and O–H groups in total. The van der Waals surface area contributed by atoms with Crippen LogP contribution in [0.2, 0.25) is 0 Å². The molecule has 2 aliphatic rings. The lowest BCUT2D eigenvalue weighted by Crippen LogP contribution is -2.39. The number of benzene rings is 1. The van der Waals surface area contributed by atoms with Crippen molar-refractivity contribution < 1.29 is 8.42 Å². The average Bonchev–Trinajstić information content (AvgIpc) is 2.92. The number of rotatable bonds is 3. The summed E-state index contributed by atoms with van der Waals surface area (Å²) >= 11 is 0. The van der Waals surface area contributed by atoms with Crippen molar-refractivity contribution in [3.05, 3.63) is 24.5 Å². The van der Waals surface area contributed by atoms with Gasteiger partial charge in [-0.15, -0.1) is 0 Å². The predicted molar refractivity (Wildman–Crippen MR) is 90.4 cm³/mol. The highest BCUT2D eigenvalue weighted by atomic mass is 32.2. The number of hydrogen-bond donors (Lipinski definition) is 0. The van der Waals surface area contributed by atoms with Crippen LogP contribution in [0.25, 0.3) is 10.9 Å². The molecular formula is C17H21N3O2S. The van der Waals surface area contributed by atoms with Crippen molar-refractivity contribution in [1.82, 2.24) is 9.97 Å². The van der Waals surface area contributed by atoms with E-state index in [2.05, 4.69) is 14.9 Å². The van der Waals surface area contributed by atoms with Crippen molar-refractivity contribution in [2.75, 3.05) is 17.7 Å². The Morgan fingerprint density at radius 2 is 1.96 bits per heavy atom. The third-order valence-corrected chi connectivity index (χ3v) is 6.39. The molecule has 1 saturated carbocycles. The van der Waals surface area contributed by atoms with Crippen LogP contribution in [0.1, 0.15) is 32.1 Å². The van der Waals surface area contributed by atoms with Crippen LogP contribution in [-0.2, 0) is 9.84 Å². The predicted octanol–water partition coefficient (Wildman–Crippen LogP) is 2.80. The summed E-state index contributed by atoms with van der Waals surface area (Å²) in [6, 6.07) is 5.69. The smallest absolute Gasteiger partial charge is 0.175 e. The summed E-state index contributed by atoms with van der Waals surface area (Å²) < 4.78 is 23.8. The van der Waals surface area contributed by atoms with E-state index in [1.807, 2.05) is 0 Å². The van der Waals surface area contributed by atoms with Crippen LogP contribution >= 0.6 is 0 Å². The van der Waals surface area contributed by atoms with E-state index in [1.165, 1.54) is 38.4 Å². The minimum Gasteiger partial charge on any atom is -0.353 e. The van der Waals surface area contributed by atoms with Gasteiger partial charge in [0.2, 0.25) is 0 Å². The number of fused-ring (bicyclic) bond motifs is 1. The number of aromatic nitrogens is 2. The summed E-state index contributed by atoms with van der Waals surface area (Å²) in [7, 11) is -3.23. The van der Waals surface area contributed by atoms with Gasteiger partial charge in [0.15, 0.2) is 9.84 Å². The minimum absolute atomic E-state index is 0.334. The lowest BCUT2D eigenvalue weighted by molar-refractivity contribution is 0.261. The quantitative estimate of drug-likeness (QED) is 0.865. The van der Waals surface area contributed by atoms with Crippen molar-refractivity contribution in [3.8, 4) is 0 Å². The van der Waals surface area contributed by atoms with E-state index >= 15 is 0 Å². The fourth-order valence-electron chi connectivity index (χ4n) is 3.85. The molecular weight excluding hydrogens is 310 g/mol. The van der Waals surface area contributed by atoms with Gasteiger partial charge in [0.25, 0.3) is 0 Å². The van der Waals surface area contributed by atoms with E-state index in [-0.39, 0.29) is 0 Å². The lowest BCUT2D eigenvalue weighted by atomic mass is 9.79. The largest absolute Gasteiger partial charge is 0.353 e. The van der Waals surface area contributed by atoms with Gasteiger partial charge in [-0.25, -0.2) is 18.4 Å². The third-order valence-electron chi connectivity index (χ3n) is 5.28. The molecule has 0 amide bonds. The van der Waals surface area contributed by atoms with Crippen molar-refractivity contribution in [2.24, 2.45) is 5.92 Å². The van der Waals surface area contributed by atoms with Gasteiger partial charge < -0.3 is 4.90 Å². The Balaban J connectivity index is 1.82. The second-order valence-corrected chi connectivity index (χ2v) is 8.76. The van der Waals surface area contributed by atoms with Crippen LogP contribution in [0.4, 0.5) is 5.82 Å². The van der Waals surface area contributed by atoms with E-state index in [9.17, 15) is 8.42 Å². The van der Waals surface area contributed by atoms with Crippen molar-refractivity contribution in [1.29, 1.82) is 0 Å². The Morgan fingerprint density at radius 3 is 2.65 bits per heavy atom. The van der Waals surface area contributed by atoms with Gasteiger partial charge >= 0.3 is 0 Å². The Bertz CT molecular complexity index is 846.